The summed E-state index contributed by atoms with van der Waals surface area (Å²) in [4.78, 5) is 11.7. The van der Waals surface area contributed by atoms with E-state index >= 15 is 0 Å². The Morgan fingerprint density at radius 2 is 2.00 bits per heavy atom. The molecule has 1 aliphatic rings. The molecule has 0 heterocycles. The van der Waals surface area contributed by atoms with Gasteiger partial charge in [0.25, 0.3) is 0 Å². The molecule has 0 aliphatic heterocycles. The van der Waals surface area contributed by atoms with Crippen LogP contribution in [-0.2, 0) is 4.79 Å². The van der Waals surface area contributed by atoms with Gasteiger partial charge in [-0.1, -0.05) is 6.92 Å². The molecule has 94 valence electrons. The van der Waals surface area contributed by atoms with E-state index in [4.69, 9.17) is 10.2 Å². The average Bonchev–Trinajstić information content (AvgIpc) is 2.29. The quantitative estimate of drug-likeness (QED) is 0.649. The number of hydrogen-bond acceptors (Lipinski definition) is 3. The summed E-state index contributed by atoms with van der Waals surface area (Å²) >= 11 is 0. The van der Waals surface area contributed by atoms with Crippen LogP contribution in [0.1, 0.15) is 39.0 Å². The third-order valence-corrected chi connectivity index (χ3v) is 3.37. The zero-order chi connectivity index (χ0) is 12.0. The van der Waals surface area contributed by atoms with Gasteiger partial charge in [-0.25, -0.2) is 0 Å². The second kappa shape index (κ2) is 6.86. The van der Waals surface area contributed by atoms with Crippen molar-refractivity contribution < 1.29 is 15.0 Å². The molecule has 1 aliphatic carbocycles. The van der Waals surface area contributed by atoms with Crippen LogP contribution in [0.4, 0.5) is 0 Å². The molecule has 1 unspecified atom stereocenters. The first-order valence-corrected chi connectivity index (χ1v) is 6.20. The predicted molar refractivity (Wildman–Crippen MR) is 61.8 cm³/mol. The van der Waals surface area contributed by atoms with E-state index in [9.17, 15) is 4.79 Å². The van der Waals surface area contributed by atoms with Crippen molar-refractivity contribution in [1.29, 1.82) is 0 Å². The lowest BCUT2D eigenvalue weighted by Crippen LogP contribution is -2.35. The van der Waals surface area contributed by atoms with E-state index in [1.165, 1.54) is 0 Å². The molecule has 0 saturated heterocycles. The molecular formula is C12H23NO3. The molecule has 1 saturated carbocycles. The number of amides is 1. The lowest BCUT2D eigenvalue weighted by Gasteiger charge is -2.25. The van der Waals surface area contributed by atoms with Crippen molar-refractivity contribution in [2.45, 2.75) is 45.1 Å². The molecule has 1 fully saturated rings. The largest absolute Gasteiger partial charge is 0.394 e. The fourth-order valence-corrected chi connectivity index (χ4v) is 2.12. The van der Waals surface area contributed by atoms with Crippen LogP contribution in [0.2, 0.25) is 0 Å². The van der Waals surface area contributed by atoms with Crippen LogP contribution in [0.3, 0.4) is 0 Å². The molecule has 0 spiro atoms. The summed E-state index contributed by atoms with van der Waals surface area (Å²) in [7, 11) is 0. The van der Waals surface area contributed by atoms with Crippen LogP contribution < -0.4 is 5.32 Å². The molecule has 1 amide bonds. The number of aliphatic hydroxyl groups excluding tert-OH is 2. The van der Waals surface area contributed by atoms with Crippen LogP contribution >= 0.6 is 0 Å². The van der Waals surface area contributed by atoms with Gasteiger partial charge >= 0.3 is 0 Å². The van der Waals surface area contributed by atoms with E-state index < -0.39 is 6.10 Å². The highest BCUT2D eigenvalue weighted by atomic mass is 16.3. The lowest BCUT2D eigenvalue weighted by molar-refractivity contribution is -0.126. The molecular weight excluding hydrogens is 206 g/mol. The van der Waals surface area contributed by atoms with Gasteiger partial charge in [0.15, 0.2) is 0 Å². The molecule has 0 bridgehead atoms. The first kappa shape index (κ1) is 13.5. The highest BCUT2D eigenvalue weighted by Gasteiger charge is 2.23. The van der Waals surface area contributed by atoms with E-state index in [1.54, 1.807) is 0 Å². The Bertz CT molecular complexity index is 212. The summed E-state index contributed by atoms with van der Waals surface area (Å²) in [6, 6.07) is 0. The second-order valence-electron chi connectivity index (χ2n) is 4.87. The van der Waals surface area contributed by atoms with Crippen molar-refractivity contribution in [1.82, 2.24) is 5.32 Å². The van der Waals surface area contributed by atoms with Gasteiger partial charge < -0.3 is 15.5 Å². The van der Waals surface area contributed by atoms with Crippen molar-refractivity contribution in [3.05, 3.63) is 0 Å². The van der Waals surface area contributed by atoms with Gasteiger partial charge in [-0.05, 0) is 38.0 Å². The van der Waals surface area contributed by atoms with E-state index in [2.05, 4.69) is 12.2 Å². The highest BCUT2D eigenvalue weighted by molar-refractivity contribution is 5.78. The Labute approximate surface area is 97.0 Å². The molecule has 0 radical (unpaired) electrons. The van der Waals surface area contributed by atoms with Crippen LogP contribution in [0.15, 0.2) is 0 Å². The zero-order valence-electron chi connectivity index (χ0n) is 9.98. The van der Waals surface area contributed by atoms with Gasteiger partial charge in [-0.3, -0.25) is 4.79 Å². The van der Waals surface area contributed by atoms with Crippen LogP contribution in [0, 0.1) is 11.8 Å². The number of aliphatic hydroxyl groups is 2. The standard InChI is InChI=1S/C12H23NO3/c1-9-2-4-10(5-3-9)12(16)13-7-6-11(15)8-14/h9-11,14-15H,2-8H2,1H3,(H,13,16). The van der Waals surface area contributed by atoms with E-state index in [1.807, 2.05) is 0 Å². The maximum absolute atomic E-state index is 11.7. The summed E-state index contributed by atoms with van der Waals surface area (Å²) in [6.45, 7) is 2.44. The number of nitrogens with one attached hydrogen (secondary N) is 1. The van der Waals surface area contributed by atoms with Crippen molar-refractivity contribution in [2.24, 2.45) is 11.8 Å². The first-order chi connectivity index (χ1) is 7.63. The SMILES string of the molecule is CC1CCC(C(=O)NCCC(O)CO)CC1. The number of hydrogen-bond donors (Lipinski definition) is 3. The van der Waals surface area contributed by atoms with Crippen molar-refractivity contribution in [3.63, 3.8) is 0 Å². The van der Waals surface area contributed by atoms with Gasteiger partial charge in [0.2, 0.25) is 5.91 Å². The minimum absolute atomic E-state index is 0.108. The fraction of sp³-hybridized carbons (Fsp3) is 0.917. The number of carbonyl (C=O) groups is 1. The first-order valence-electron chi connectivity index (χ1n) is 6.20. The maximum Gasteiger partial charge on any atom is 0.223 e. The van der Waals surface area contributed by atoms with Gasteiger partial charge in [-0.2, -0.15) is 0 Å². The number of rotatable bonds is 5. The van der Waals surface area contributed by atoms with E-state index in [0.717, 1.165) is 31.6 Å². The normalized spacial score (nSPS) is 27.4. The van der Waals surface area contributed by atoms with Crippen LogP contribution in [-0.4, -0.2) is 35.4 Å². The van der Waals surface area contributed by atoms with Gasteiger partial charge in [-0.15, -0.1) is 0 Å². The smallest absolute Gasteiger partial charge is 0.223 e. The summed E-state index contributed by atoms with van der Waals surface area (Å²) in [6.07, 6.45) is 3.94. The van der Waals surface area contributed by atoms with Crippen molar-refractivity contribution in [3.8, 4) is 0 Å². The summed E-state index contributed by atoms with van der Waals surface area (Å²) < 4.78 is 0. The summed E-state index contributed by atoms with van der Waals surface area (Å²) in [5, 5.41) is 20.6. The molecule has 3 N–H and O–H groups in total. The maximum atomic E-state index is 11.7. The van der Waals surface area contributed by atoms with E-state index in [0.29, 0.717) is 13.0 Å². The minimum Gasteiger partial charge on any atom is -0.394 e. The van der Waals surface area contributed by atoms with Gasteiger partial charge in [0.05, 0.1) is 12.7 Å². The molecule has 4 heteroatoms. The number of carbonyl (C=O) groups excluding carboxylic acids is 1. The van der Waals surface area contributed by atoms with Crippen molar-refractivity contribution >= 4 is 5.91 Å². The fourth-order valence-electron chi connectivity index (χ4n) is 2.12. The van der Waals surface area contributed by atoms with Crippen molar-refractivity contribution in [2.75, 3.05) is 13.2 Å². The van der Waals surface area contributed by atoms with E-state index in [-0.39, 0.29) is 18.4 Å². The lowest BCUT2D eigenvalue weighted by atomic mass is 9.82. The third kappa shape index (κ3) is 4.49. The molecule has 0 aromatic carbocycles. The average molecular weight is 229 g/mol. The Balaban J connectivity index is 2.15. The highest BCUT2D eigenvalue weighted by Crippen LogP contribution is 2.28. The Hall–Kier alpha value is -0.610. The topological polar surface area (TPSA) is 69.6 Å². The predicted octanol–water partition coefficient (Wildman–Crippen LogP) is 0.672. The molecule has 0 aromatic rings. The Morgan fingerprint density at radius 1 is 1.38 bits per heavy atom. The molecule has 1 atom stereocenters. The summed E-state index contributed by atoms with van der Waals surface area (Å²) in [5.41, 5.74) is 0. The Morgan fingerprint density at radius 3 is 2.56 bits per heavy atom. The Kier molecular flexibility index (Phi) is 5.77. The van der Waals surface area contributed by atoms with Gasteiger partial charge in [0.1, 0.15) is 0 Å². The monoisotopic (exact) mass is 229 g/mol. The van der Waals surface area contributed by atoms with Crippen LogP contribution in [0.5, 0.6) is 0 Å². The molecule has 16 heavy (non-hydrogen) atoms. The minimum atomic E-state index is -0.716. The molecule has 1 rings (SSSR count). The molecule has 0 aromatic heterocycles. The van der Waals surface area contributed by atoms with Gasteiger partial charge in [0, 0.05) is 12.5 Å². The second-order valence-corrected chi connectivity index (χ2v) is 4.87. The third-order valence-electron chi connectivity index (χ3n) is 3.37. The summed E-state index contributed by atoms with van der Waals surface area (Å²) in [5.74, 6) is 1.01. The molecule has 4 nitrogen and oxygen atoms in total. The van der Waals surface area contributed by atoms with Crippen LogP contribution in [0.25, 0.3) is 0 Å². The zero-order valence-corrected chi connectivity index (χ0v) is 9.98.